The molecule has 0 fully saturated rings. The predicted molar refractivity (Wildman–Crippen MR) is 127 cm³/mol. The minimum atomic E-state index is -3.60. The molecule has 7 nitrogen and oxygen atoms in total. The Morgan fingerprint density at radius 1 is 1.03 bits per heavy atom. The molecule has 0 aliphatic rings. The van der Waals surface area contributed by atoms with Gasteiger partial charge in [-0.2, -0.15) is 0 Å². The summed E-state index contributed by atoms with van der Waals surface area (Å²) < 4.78 is 29.8. The molecule has 0 bridgehead atoms. The van der Waals surface area contributed by atoms with Crippen molar-refractivity contribution >= 4 is 40.4 Å². The molecule has 0 atom stereocenters. The van der Waals surface area contributed by atoms with Gasteiger partial charge in [0.05, 0.1) is 25.3 Å². The van der Waals surface area contributed by atoms with Crippen LogP contribution in [0.5, 0.6) is 0 Å². The Kier molecular flexibility index (Phi) is 8.43. The van der Waals surface area contributed by atoms with Crippen molar-refractivity contribution in [1.29, 1.82) is 0 Å². The van der Waals surface area contributed by atoms with E-state index < -0.39 is 25.3 Å². The van der Waals surface area contributed by atoms with Crippen molar-refractivity contribution in [3.8, 4) is 0 Å². The standard InChI is InChI=1S/C23H25BrNO6P/c1-3-29-32(28,30-4-2)16-22(26)25(14-17-8-6-5-7-9-17)15-19-12-18-13-20(24)10-11-21(18)31-23(19)27/h5-13H,3-4,14-16H2,1-2H3. The van der Waals surface area contributed by atoms with Crippen molar-refractivity contribution in [2.75, 3.05) is 19.4 Å². The summed E-state index contributed by atoms with van der Waals surface area (Å²) in [6.45, 7) is 3.93. The van der Waals surface area contributed by atoms with E-state index in [0.29, 0.717) is 11.1 Å². The first kappa shape index (κ1) is 24.4. The number of amides is 1. The van der Waals surface area contributed by atoms with Crippen LogP contribution in [0.2, 0.25) is 0 Å². The number of rotatable bonds is 10. The summed E-state index contributed by atoms with van der Waals surface area (Å²) in [5, 5.41) is 0.732. The van der Waals surface area contributed by atoms with Gasteiger partial charge in [-0.1, -0.05) is 46.3 Å². The summed E-state index contributed by atoms with van der Waals surface area (Å²) in [4.78, 5) is 27.3. The van der Waals surface area contributed by atoms with Crippen molar-refractivity contribution in [1.82, 2.24) is 4.90 Å². The SMILES string of the molecule is CCOP(=O)(CC(=O)N(Cc1ccccc1)Cc1cc2cc(Br)ccc2oc1=O)OCC. The topological polar surface area (TPSA) is 86.1 Å². The lowest BCUT2D eigenvalue weighted by atomic mass is 10.1. The Balaban J connectivity index is 1.93. The Bertz CT molecular complexity index is 1170. The number of fused-ring (bicyclic) bond motifs is 1. The van der Waals surface area contributed by atoms with Crippen LogP contribution in [-0.2, 0) is 31.5 Å². The maximum absolute atomic E-state index is 13.2. The van der Waals surface area contributed by atoms with Gasteiger partial charge in [-0.05, 0) is 43.7 Å². The maximum Gasteiger partial charge on any atom is 0.341 e. The zero-order chi connectivity index (χ0) is 23.1. The Labute approximate surface area is 195 Å². The van der Waals surface area contributed by atoms with E-state index in [2.05, 4.69) is 15.9 Å². The van der Waals surface area contributed by atoms with Crippen LogP contribution in [0.25, 0.3) is 11.0 Å². The zero-order valence-corrected chi connectivity index (χ0v) is 20.4. The molecule has 0 spiro atoms. The van der Waals surface area contributed by atoms with Gasteiger partial charge >= 0.3 is 13.2 Å². The molecule has 170 valence electrons. The second kappa shape index (κ2) is 11.1. The number of carbonyl (C=O) groups is 1. The summed E-state index contributed by atoms with van der Waals surface area (Å²) in [5.41, 5.74) is 1.13. The first-order valence-corrected chi connectivity index (χ1v) is 12.8. The van der Waals surface area contributed by atoms with Gasteiger partial charge in [0.1, 0.15) is 11.7 Å². The largest absolute Gasteiger partial charge is 0.422 e. The number of hydrogen-bond acceptors (Lipinski definition) is 6. The van der Waals surface area contributed by atoms with Crippen molar-refractivity contribution in [3.05, 3.63) is 80.6 Å². The molecule has 0 saturated carbocycles. The van der Waals surface area contributed by atoms with Crippen molar-refractivity contribution in [2.45, 2.75) is 26.9 Å². The van der Waals surface area contributed by atoms with Crippen LogP contribution in [0, 0.1) is 0 Å². The van der Waals surface area contributed by atoms with E-state index in [-0.39, 0.29) is 26.3 Å². The van der Waals surface area contributed by atoms with E-state index in [1.807, 2.05) is 36.4 Å². The van der Waals surface area contributed by atoms with E-state index in [0.717, 1.165) is 15.4 Å². The van der Waals surface area contributed by atoms with Gasteiger partial charge in [-0.3, -0.25) is 9.36 Å². The highest BCUT2D eigenvalue weighted by Crippen LogP contribution is 2.48. The fourth-order valence-corrected chi connectivity index (χ4v) is 5.23. The fourth-order valence-electron chi connectivity index (χ4n) is 3.28. The van der Waals surface area contributed by atoms with Crippen molar-refractivity contribution < 1.29 is 22.8 Å². The molecular weight excluding hydrogens is 497 g/mol. The van der Waals surface area contributed by atoms with Gasteiger partial charge in [0.15, 0.2) is 0 Å². The third-order valence-corrected chi connectivity index (χ3v) is 7.13. The van der Waals surface area contributed by atoms with Gasteiger partial charge in [-0.25, -0.2) is 4.79 Å². The normalized spacial score (nSPS) is 11.6. The summed E-state index contributed by atoms with van der Waals surface area (Å²) >= 11 is 3.41. The lowest BCUT2D eigenvalue weighted by Crippen LogP contribution is -2.34. The number of halogens is 1. The van der Waals surface area contributed by atoms with Crippen molar-refractivity contribution in [2.24, 2.45) is 0 Å². The monoisotopic (exact) mass is 521 g/mol. The fraction of sp³-hybridized carbons (Fsp3) is 0.304. The molecule has 3 rings (SSSR count). The molecule has 1 amide bonds. The Morgan fingerprint density at radius 2 is 1.72 bits per heavy atom. The third kappa shape index (κ3) is 6.39. The van der Waals surface area contributed by atoms with Crippen molar-refractivity contribution in [3.63, 3.8) is 0 Å². The number of carbonyl (C=O) groups excluding carboxylic acids is 1. The zero-order valence-electron chi connectivity index (χ0n) is 18.0. The summed E-state index contributed by atoms with van der Waals surface area (Å²) in [7, 11) is -3.60. The van der Waals surface area contributed by atoms with E-state index in [1.165, 1.54) is 4.90 Å². The van der Waals surface area contributed by atoms with Crippen LogP contribution in [0.3, 0.4) is 0 Å². The molecule has 9 heteroatoms. The molecule has 32 heavy (non-hydrogen) atoms. The van der Waals surface area contributed by atoms with E-state index in [9.17, 15) is 14.2 Å². The van der Waals surface area contributed by atoms with Crippen LogP contribution in [-0.4, -0.2) is 30.2 Å². The molecule has 1 heterocycles. The molecule has 1 aromatic heterocycles. The van der Waals surface area contributed by atoms with Gasteiger partial charge in [0, 0.05) is 16.4 Å². The van der Waals surface area contributed by atoms with E-state index in [4.69, 9.17) is 13.5 Å². The average Bonchev–Trinajstić information content (AvgIpc) is 2.75. The first-order valence-electron chi connectivity index (χ1n) is 10.3. The second-order valence-corrected chi connectivity index (χ2v) is 10.1. The van der Waals surface area contributed by atoms with Crippen LogP contribution < -0.4 is 5.63 Å². The van der Waals surface area contributed by atoms with Gasteiger partial charge in [-0.15, -0.1) is 0 Å². The minimum absolute atomic E-state index is 0.00321. The lowest BCUT2D eigenvalue weighted by Gasteiger charge is -2.25. The minimum Gasteiger partial charge on any atom is -0.422 e. The highest BCUT2D eigenvalue weighted by atomic mass is 79.9. The lowest BCUT2D eigenvalue weighted by molar-refractivity contribution is -0.130. The number of nitrogens with zero attached hydrogens (tertiary/aromatic N) is 1. The molecule has 2 aromatic carbocycles. The molecule has 0 aliphatic carbocycles. The smallest absolute Gasteiger partial charge is 0.341 e. The molecule has 0 N–H and O–H groups in total. The highest BCUT2D eigenvalue weighted by Gasteiger charge is 2.31. The number of benzene rings is 2. The Hall–Kier alpha value is -2.25. The quantitative estimate of drug-likeness (QED) is 0.264. The summed E-state index contributed by atoms with van der Waals surface area (Å²) in [6, 6.07) is 16.4. The second-order valence-electron chi connectivity index (χ2n) is 7.08. The first-order chi connectivity index (χ1) is 15.3. The average molecular weight is 522 g/mol. The predicted octanol–water partition coefficient (Wildman–Crippen LogP) is 5.35. The summed E-state index contributed by atoms with van der Waals surface area (Å²) in [6.07, 6.45) is -0.411. The molecular formula is C23H25BrNO6P. The van der Waals surface area contributed by atoms with Crippen LogP contribution in [0.4, 0.5) is 0 Å². The molecule has 0 aliphatic heterocycles. The number of hydrogen-bond donors (Lipinski definition) is 0. The highest BCUT2D eigenvalue weighted by molar-refractivity contribution is 9.10. The van der Waals surface area contributed by atoms with E-state index >= 15 is 0 Å². The molecule has 0 unspecified atom stereocenters. The molecule has 0 radical (unpaired) electrons. The van der Waals surface area contributed by atoms with Crippen LogP contribution in [0.15, 0.2) is 68.3 Å². The van der Waals surface area contributed by atoms with E-state index in [1.54, 1.807) is 32.0 Å². The van der Waals surface area contributed by atoms with Gasteiger partial charge in [0.25, 0.3) is 0 Å². The molecule has 0 saturated heterocycles. The van der Waals surface area contributed by atoms with Crippen LogP contribution >= 0.6 is 23.5 Å². The summed E-state index contributed by atoms with van der Waals surface area (Å²) in [5.74, 6) is -0.437. The van der Waals surface area contributed by atoms with Gasteiger partial charge in [0.2, 0.25) is 5.91 Å². The molecule has 3 aromatic rings. The Morgan fingerprint density at radius 3 is 2.38 bits per heavy atom. The maximum atomic E-state index is 13.2. The van der Waals surface area contributed by atoms with Crippen LogP contribution in [0.1, 0.15) is 25.0 Å². The third-order valence-electron chi connectivity index (χ3n) is 4.68. The van der Waals surface area contributed by atoms with Gasteiger partial charge < -0.3 is 18.4 Å².